The monoisotopic (exact) mass is 418 g/mol. The van der Waals surface area contributed by atoms with Crippen LogP contribution >= 0.6 is 0 Å². The van der Waals surface area contributed by atoms with Crippen LogP contribution in [0.15, 0.2) is 60.7 Å². The van der Waals surface area contributed by atoms with Crippen molar-refractivity contribution in [3.05, 3.63) is 77.4 Å². The second-order valence-corrected chi connectivity index (χ2v) is 7.75. The Labute approximate surface area is 181 Å². The molecule has 3 aromatic carbocycles. The van der Waals surface area contributed by atoms with Crippen LogP contribution in [0.4, 0.5) is 0 Å². The number of amides is 1. The van der Waals surface area contributed by atoms with Gasteiger partial charge in [-0.3, -0.25) is 4.79 Å². The van der Waals surface area contributed by atoms with Crippen LogP contribution in [0.1, 0.15) is 21.5 Å². The number of aryl methyl sites for hydroxylation is 2. The number of ether oxygens (including phenoxy) is 1. The summed E-state index contributed by atoms with van der Waals surface area (Å²) in [4.78, 5) is 32.4. The average Bonchev–Trinajstić information content (AvgIpc) is 2.77. The zero-order valence-corrected chi connectivity index (χ0v) is 17.8. The predicted octanol–water partition coefficient (Wildman–Crippen LogP) is 3.75. The summed E-state index contributed by atoms with van der Waals surface area (Å²) in [6.45, 7) is 5.70. The SMILES string of the molecule is Cc1cccc(C)c1C(=O)ON1CCN(C(=O)COc2ccc3ccccc3c2)CC1. The number of piperazine rings is 1. The maximum atomic E-state index is 12.6. The molecule has 0 N–H and O–H groups in total. The number of benzene rings is 3. The Balaban J connectivity index is 1.27. The summed E-state index contributed by atoms with van der Waals surface area (Å²) >= 11 is 0. The largest absolute Gasteiger partial charge is 0.484 e. The summed E-state index contributed by atoms with van der Waals surface area (Å²) in [5.41, 5.74) is 2.39. The second-order valence-electron chi connectivity index (χ2n) is 7.75. The number of carbonyl (C=O) groups is 2. The molecule has 3 aromatic rings. The third-order valence-electron chi connectivity index (χ3n) is 5.57. The van der Waals surface area contributed by atoms with Crippen LogP contribution in [0.3, 0.4) is 0 Å². The van der Waals surface area contributed by atoms with Crippen LogP contribution in [-0.4, -0.2) is 54.6 Å². The highest BCUT2D eigenvalue weighted by Crippen LogP contribution is 2.21. The van der Waals surface area contributed by atoms with Crippen molar-refractivity contribution >= 4 is 22.6 Å². The van der Waals surface area contributed by atoms with Crippen LogP contribution in [0.5, 0.6) is 5.75 Å². The van der Waals surface area contributed by atoms with Crippen molar-refractivity contribution in [1.29, 1.82) is 0 Å². The number of nitrogens with zero attached hydrogens (tertiary/aromatic N) is 2. The van der Waals surface area contributed by atoms with E-state index in [0.29, 0.717) is 37.5 Å². The minimum Gasteiger partial charge on any atom is -0.484 e. The maximum absolute atomic E-state index is 12.6. The fraction of sp³-hybridized carbons (Fsp3) is 0.280. The van der Waals surface area contributed by atoms with Gasteiger partial charge in [-0.1, -0.05) is 48.5 Å². The second kappa shape index (κ2) is 9.18. The molecule has 0 radical (unpaired) electrons. The van der Waals surface area contributed by atoms with Crippen LogP contribution in [0, 0.1) is 13.8 Å². The zero-order valence-electron chi connectivity index (χ0n) is 17.8. The van der Waals surface area contributed by atoms with Gasteiger partial charge in [0.05, 0.1) is 18.7 Å². The first-order valence-electron chi connectivity index (χ1n) is 10.4. The van der Waals surface area contributed by atoms with E-state index in [4.69, 9.17) is 9.57 Å². The molecule has 0 spiro atoms. The van der Waals surface area contributed by atoms with Crippen molar-refractivity contribution in [1.82, 2.24) is 9.96 Å². The Morgan fingerprint density at radius 3 is 2.23 bits per heavy atom. The summed E-state index contributed by atoms with van der Waals surface area (Å²) in [6.07, 6.45) is 0. The molecule has 1 amide bonds. The van der Waals surface area contributed by atoms with Crippen LogP contribution < -0.4 is 4.74 Å². The first-order chi connectivity index (χ1) is 15.0. The van der Waals surface area contributed by atoms with Crippen molar-refractivity contribution < 1.29 is 19.2 Å². The van der Waals surface area contributed by atoms with Crippen molar-refractivity contribution in [3.8, 4) is 5.75 Å². The van der Waals surface area contributed by atoms with Crippen LogP contribution in [-0.2, 0) is 9.63 Å². The topological polar surface area (TPSA) is 59.1 Å². The number of hydroxylamine groups is 2. The van der Waals surface area contributed by atoms with E-state index in [1.807, 2.05) is 74.5 Å². The molecule has 0 atom stereocenters. The molecule has 4 rings (SSSR count). The molecule has 0 saturated carbocycles. The van der Waals surface area contributed by atoms with Crippen molar-refractivity contribution in [2.75, 3.05) is 32.8 Å². The number of hydrogen-bond acceptors (Lipinski definition) is 5. The lowest BCUT2D eigenvalue weighted by atomic mass is 10.0. The van der Waals surface area contributed by atoms with Gasteiger partial charge in [-0.25, -0.2) is 4.79 Å². The Morgan fingerprint density at radius 2 is 1.52 bits per heavy atom. The van der Waals surface area contributed by atoms with Crippen LogP contribution in [0.2, 0.25) is 0 Å². The number of fused-ring (bicyclic) bond motifs is 1. The fourth-order valence-corrected chi connectivity index (χ4v) is 3.82. The van der Waals surface area contributed by atoms with Gasteiger partial charge in [-0.15, -0.1) is 5.06 Å². The molecule has 0 bridgehead atoms. The number of carbonyl (C=O) groups excluding carboxylic acids is 2. The average molecular weight is 418 g/mol. The lowest BCUT2D eigenvalue weighted by Crippen LogP contribution is -2.50. The van der Waals surface area contributed by atoms with E-state index in [1.54, 1.807) is 9.96 Å². The van der Waals surface area contributed by atoms with Gasteiger partial charge in [0.1, 0.15) is 5.75 Å². The molecular weight excluding hydrogens is 392 g/mol. The van der Waals surface area contributed by atoms with Gasteiger partial charge in [-0.2, -0.15) is 0 Å². The lowest BCUT2D eigenvalue weighted by molar-refractivity contribution is -0.150. The Morgan fingerprint density at radius 1 is 0.839 bits per heavy atom. The highest BCUT2D eigenvalue weighted by Gasteiger charge is 2.25. The van der Waals surface area contributed by atoms with E-state index < -0.39 is 0 Å². The van der Waals surface area contributed by atoms with Gasteiger partial charge in [0, 0.05) is 13.1 Å². The molecule has 6 nitrogen and oxygen atoms in total. The van der Waals surface area contributed by atoms with E-state index >= 15 is 0 Å². The molecule has 160 valence electrons. The zero-order chi connectivity index (χ0) is 21.8. The summed E-state index contributed by atoms with van der Waals surface area (Å²) in [7, 11) is 0. The van der Waals surface area contributed by atoms with Gasteiger partial charge in [0.25, 0.3) is 5.91 Å². The minimum atomic E-state index is -0.352. The highest BCUT2D eigenvalue weighted by molar-refractivity contribution is 5.92. The summed E-state index contributed by atoms with van der Waals surface area (Å²) in [6, 6.07) is 19.5. The molecule has 0 unspecified atom stereocenters. The molecule has 1 heterocycles. The molecule has 1 aliphatic heterocycles. The van der Waals surface area contributed by atoms with E-state index in [0.717, 1.165) is 21.9 Å². The third kappa shape index (κ3) is 4.86. The molecule has 31 heavy (non-hydrogen) atoms. The lowest BCUT2D eigenvalue weighted by Gasteiger charge is -2.33. The Bertz CT molecular complexity index is 1080. The smallest absolute Gasteiger partial charge is 0.357 e. The third-order valence-corrected chi connectivity index (χ3v) is 5.57. The normalized spacial score (nSPS) is 14.5. The summed E-state index contributed by atoms with van der Waals surface area (Å²) in [5.74, 6) is 0.247. The Hall–Kier alpha value is -3.38. The van der Waals surface area contributed by atoms with Gasteiger partial charge >= 0.3 is 5.97 Å². The molecule has 6 heteroatoms. The van der Waals surface area contributed by atoms with Crippen molar-refractivity contribution in [2.24, 2.45) is 0 Å². The van der Waals surface area contributed by atoms with E-state index in [2.05, 4.69) is 0 Å². The van der Waals surface area contributed by atoms with E-state index in [9.17, 15) is 9.59 Å². The molecule has 1 fully saturated rings. The number of hydrogen-bond donors (Lipinski definition) is 0. The van der Waals surface area contributed by atoms with E-state index in [-0.39, 0.29) is 18.5 Å². The standard InChI is InChI=1S/C25H26N2O4/c1-18-6-5-7-19(2)24(18)25(29)31-27-14-12-26(13-15-27)23(28)17-30-22-11-10-20-8-3-4-9-21(20)16-22/h3-11,16H,12-15,17H2,1-2H3. The van der Waals surface area contributed by atoms with Crippen molar-refractivity contribution in [3.63, 3.8) is 0 Å². The van der Waals surface area contributed by atoms with Crippen molar-refractivity contribution in [2.45, 2.75) is 13.8 Å². The molecule has 0 aromatic heterocycles. The molecule has 0 aliphatic carbocycles. The predicted molar refractivity (Wildman–Crippen MR) is 119 cm³/mol. The first kappa shape index (κ1) is 20.9. The maximum Gasteiger partial charge on any atom is 0.357 e. The molecule has 1 saturated heterocycles. The van der Waals surface area contributed by atoms with Gasteiger partial charge in [0.2, 0.25) is 0 Å². The highest BCUT2D eigenvalue weighted by atomic mass is 16.7. The van der Waals surface area contributed by atoms with Gasteiger partial charge < -0.3 is 14.5 Å². The van der Waals surface area contributed by atoms with E-state index in [1.165, 1.54) is 0 Å². The first-order valence-corrected chi connectivity index (χ1v) is 10.4. The number of rotatable bonds is 5. The quantitative estimate of drug-likeness (QED) is 0.632. The molecular formula is C25H26N2O4. The fourth-order valence-electron chi connectivity index (χ4n) is 3.82. The molecule has 1 aliphatic rings. The van der Waals surface area contributed by atoms with Crippen LogP contribution in [0.25, 0.3) is 10.8 Å². The minimum absolute atomic E-state index is 0.0134. The summed E-state index contributed by atoms with van der Waals surface area (Å²) < 4.78 is 5.71. The van der Waals surface area contributed by atoms with Gasteiger partial charge in [-0.05, 0) is 47.9 Å². The summed E-state index contributed by atoms with van der Waals surface area (Å²) in [5, 5.41) is 3.84. The van der Waals surface area contributed by atoms with Gasteiger partial charge in [0.15, 0.2) is 6.61 Å². The Kier molecular flexibility index (Phi) is 6.18.